The Morgan fingerprint density at radius 2 is 1.73 bits per heavy atom. The van der Waals surface area contributed by atoms with Gasteiger partial charge in [-0.2, -0.15) is 0 Å². The zero-order valence-electron chi connectivity index (χ0n) is 18.1. The number of nitro groups is 1. The SMILES string of the molecule is CC(=O)Nc1ccccc1C1CC(C)N(C(=O)c2ccc(Cl)c([N+](=O)[O-])c2)c2ccccc21. The normalized spacial score (nSPS) is 17.2. The highest BCUT2D eigenvalue weighted by atomic mass is 35.5. The third-order valence-electron chi connectivity index (χ3n) is 5.84. The highest BCUT2D eigenvalue weighted by Gasteiger charge is 2.36. The molecule has 0 radical (unpaired) electrons. The van der Waals surface area contributed by atoms with Gasteiger partial charge in [-0.3, -0.25) is 19.7 Å². The Balaban J connectivity index is 1.78. The quantitative estimate of drug-likeness (QED) is 0.392. The minimum atomic E-state index is -0.596. The molecule has 2 amide bonds. The zero-order chi connectivity index (χ0) is 23.7. The number of rotatable bonds is 4. The number of nitrogens with zero attached hydrogens (tertiary/aromatic N) is 2. The number of hydrogen-bond acceptors (Lipinski definition) is 4. The maximum Gasteiger partial charge on any atom is 0.288 e. The molecule has 0 bridgehead atoms. The van der Waals surface area contributed by atoms with E-state index in [0.29, 0.717) is 6.42 Å². The van der Waals surface area contributed by atoms with Gasteiger partial charge in [-0.1, -0.05) is 48.0 Å². The van der Waals surface area contributed by atoms with Crippen molar-refractivity contribution in [1.82, 2.24) is 0 Å². The molecule has 1 aliphatic rings. The van der Waals surface area contributed by atoms with Crippen LogP contribution in [-0.2, 0) is 4.79 Å². The summed E-state index contributed by atoms with van der Waals surface area (Å²) in [6.07, 6.45) is 0.620. The highest BCUT2D eigenvalue weighted by Crippen LogP contribution is 2.44. The third-order valence-corrected chi connectivity index (χ3v) is 6.16. The largest absolute Gasteiger partial charge is 0.326 e. The van der Waals surface area contributed by atoms with Gasteiger partial charge in [-0.05, 0) is 48.7 Å². The van der Waals surface area contributed by atoms with Crippen molar-refractivity contribution in [1.29, 1.82) is 0 Å². The monoisotopic (exact) mass is 463 g/mol. The van der Waals surface area contributed by atoms with Crippen LogP contribution in [0, 0.1) is 10.1 Å². The molecule has 2 unspecified atom stereocenters. The zero-order valence-corrected chi connectivity index (χ0v) is 18.9. The number of halogens is 1. The van der Waals surface area contributed by atoms with Gasteiger partial charge < -0.3 is 10.2 Å². The number of fused-ring (bicyclic) bond motifs is 1. The van der Waals surface area contributed by atoms with Crippen molar-refractivity contribution in [2.24, 2.45) is 0 Å². The smallest absolute Gasteiger partial charge is 0.288 e. The van der Waals surface area contributed by atoms with Crippen LogP contribution in [0.1, 0.15) is 47.7 Å². The van der Waals surface area contributed by atoms with Crippen molar-refractivity contribution in [2.75, 3.05) is 10.2 Å². The lowest BCUT2D eigenvalue weighted by molar-refractivity contribution is -0.384. The molecule has 3 aromatic rings. The van der Waals surface area contributed by atoms with E-state index in [2.05, 4.69) is 5.32 Å². The van der Waals surface area contributed by atoms with Crippen LogP contribution < -0.4 is 10.2 Å². The third kappa shape index (κ3) is 4.32. The van der Waals surface area contributed by atoms with E-state index in [0.717, 1.165) is 22.5 Å². The topological polar surface area (TPSA) is 92.6 Å². The van der Waals surface area contributed by atoms with E-state index < -0.39 is 4.92 Å². The maximum absolute atomic E-state index is 13.5. The number of benzene rings is 3. The van der Waals surface area contributed by atoms with Crippen LogP contribution in [0.5, 0.6) is 0 Å². The Bertz CT molecular complexity index is 1260. The first kappa shape index (κ1) is 22.5. The molecule has 8 heteroatoms. The predicted molar refractivity (Wildman–Crippen MR) is 128 cm³/mol. The summed E-state index contributed by atoms with van der Waals surface area (Å²) in [7, 11) is 0. The summed E-state index contributed by atoms with van der Waals surface area (Å²) in [5, 5.41) is 14.2. The molecule has 1 heterocycles. The minimum absolute atomic E-state index is 0.0155. The molecule has 3 aromatic carbocycles. The molecular weight excluding hydrogens is 442 g/mol. The Labute approximate surface area is 196 Å². The lowest BCUT2D eigenvalue weighted by Crippen LogP contribution is -2.43. The fourth-order valence-corrected chi connectivity index (χ4v) is 4.63. The number of nitro benzene ring substituents is 1. The number of hydrogen-bond donors (Lipinski definition) is 1. The summed E-state index contributed by atoms with van der Waals surface area (Å²) < 4.78 is 0. The maximum atomic E-state index is 13.5. The summed E-state index contributed by atoms with van der Waals surface area (Å²) in [6, 6.07) is 19.2. The van der Waals surface area contributed by atoms with Crippen molar-refractivity contribution in [3.05, 3.63) is 98.6 Å². The summed E-state index contributed by atoms with van der Waals surface area (Å²) >= 11 is 5.93. The average molecular weight is 464 g/mol. The second kappa shape index (κ2) is 9.03. The van der Waals surface area contributed by atoms with Gasteiger partial charge in [0, 0.05) is 41.9 Å². The van der Waals surface area contributed by atoms with Crippen LogP contribution in [0.3, 0.4) is 0 Å². The van der Waals surface area contributed by atoms with Gasteiger partial charge in [0.05, 0.1) is 4.92 Å². The Hall–Kier alpha value is -3.71. The lowest BCUT2D eigenvalue weighted by atomic mass is 9.80. The molecule has 1 aliphatic heterocycles. The van der Waals surface area contributed by atoms with Crippen LogP contribution in [0.15, 0.2) is 66.7 Å². The number of nitrogens with one attached hydrogen (secondary N) is 1. The van der Waals surface area contributed by atoms with Gasteiger partial charge in [0.2, 0.25) is 5.91 Å². The van der Waals surface area contributed by atoms with E-state index in [1.807, 2.05) is 55.5 Å². The molecule has 0 aromatic heterocycles. The number of anilines is 2. The van der Waals surface area contributed by atoms with Gasteiger partial charge in [-0.15, -0.1) is 0 Å². The number of amides is 2. The molecule has 0 spiro atoms. The molecule has 0 fully saturated rings. The van der Waals surface area contributed by atoms with Gasteiger partial charge in [0.1, 0.15) is 5.02 Å². The van der Waals surface area contributed by atoms with E-state index in [4.69, 9.17) is 11.6 Å². The molecule has 7 nitrogen and oxygen atoms in total. The fraction of sp³-hybridized carbons (Fsp3) is 0.200. The van der Waals surface area contributed by atoms with Crippen molar-refractivity contribution < 1.29 is 14.5 Å². The Morgan fingerprint density at radius 3 is 2.42 bits per heavy atom. The summed E-state index contributed by atoms with van der Waals surface area (Å²) in [4.78, 5) is 37.6. The number of carbonyl (C=O) groups excluding carboxylic acids is 2. The minimum Gasteiger partial charge on any atom is -0.326 e. The number of carbonyl (C=O) groups is 2. The molecule has 168 valence electrons. The summed E-state index contributed by atoms with van der Waals surface area (Å²) in [6.45, 7) is 3.42. The van der Waals surface area contributed by atoms with E-state index in [1.54, 1.807) is 4.90 Å². The molecule has 0 saturated heterocycles. The molecule has 1 N–H and O–H groups in total. The fourth-order valence-electron chi connectivity index (χ4n) is 4.45. The predicted octanol–water partition coefficient (Wildman–Crippen LogP) is 5.78. The molecule has 33 heavy (non-hydrogen) atoms. The van der Waals surface area contributed by atoms with E-state index in [1.165, 1.54) is 25.1 Å². The second-order valence-electron chi connectivity index (χ2n) is 8.06. The van der Waals surface area contributed by atoms with E-state index in [9.17, 15) is 19.7 Å². The van der Waals surface area contributed by atoms with Crippen LogP contribution in [0.2, 0.25) is 5.02 Å². The van der Waals surface area contributed by atoms with Crippen LogP contribution >= 0.6 is 11.6 Å². The summed E-state index contributed by atoms with van der Waals surface area (Å²) in [5.74, 6) is -0.521. The van der Waals surface area contributed by atoms with Gasteiger partial charge >= 0.3 is 0 Å². The molecule has 0 saturated carbocycles. The molecular formula is C25H22ClN3O4. The van der Waals surface area contributed by atoms with Crippen LogP contribution in [0.4, 0.5) is 17.1 Å². The average Bonchev–Trinajstić information content (AvgIpc) is 2.78. The van der Waals surface area contributed by atoms with E-state index >= 15 is 0 Å². The molecule has 2 atom stereocenters. The van der Waals surface area contributed by atoms with Crippen molar-refractivity contribution in [3.63, 3.8) is 0 Å². The van der Waals surface area contributed by atoms with E-state index in [-0.39, 0.29) is 40.0 Å². The van der Waals surface area contributed by atoms with Crippen molar-refractivity contribution in [2.45, 2.75) is 32.2 Å². The van der Waals surface area contributed by atoms with Crippen LogP contribution in [-0.4, -0.2) is 22.8 Å². The lowest BCUT2D eigenvalue weighted by Gasteiger charge is -2.40. The second-order valence-corrected chi connectivity index (χ2v) is 8.47. The molecule has 4 rings (SSSR count). The Kier molecular flexibility index (Phi) is 6.16. The standard InChI is InChI=1S/C25H22ClN3O4/c1-15-13-20(18-7-3-5-9-22(18)27-16(2)30)19-8-4-6-10-23(19)28(15)25(31)17-11-12-21(26)24(14-17)29(32)33/h3-12,14-15,20H,13H2,1-2H3,(H,27,30). The molecule has 0 aliphatic carbocycles. The number of para-hydroxylation sites is 2. The van der Waals surface area contributed by atoms with Crippen LogP contribution in [0.25, 0.3) is 0 Å². The van der Waals surface area contributed by atoms with Gasteiger partial charge in [0.15, 0.2) is 0 Å². The summed E-state index contributed by atoms with van der Waals surface area (Å²) in [5.41, 5.74) is 3.30. The van der Waals surface area contributed by atoms with Gasteiger partial charge in [0.25, 0.3) is 11.6 Å². The first-order valence-electron chi connectivity index (χ1n) is 10.5. The van der Waals surface area contributed by atoms with Crippen molar-refractivity contribution >= 4 is 40.5 Å². The first-order chi connectivity index (χ1) is 15.8. The van der Waals surface area contributed by atoms with Crippen molar-refractivity contribution in [3.8, 4) is 0 Å². The highest BCUT2D eigenvalue weighted by molar-refractivity contribution is 6.32. The van der Waals surface area contributed by atoms with Gasteiger partial charge in [-0.25, -0.2) is 0 Å². The Morgan fingerprint density at radius 1 is 1.06 bits per heavy atom. The first-order valence-corrected chi connectivity index (χ1v) is 10.9.